The number of hydrogen-bond donors (Lipinski definition) is 1. The van der Waals surface area contributed by atoms with Gasteiger partial charge in [-0.15, -0.1) is 6.42 Å². The molecule has 1 saturated heterocycles. The lowest BCUT2D eigenvalue weighted by atomic mass is 10.1. The molecular formula is C25H28N4O5S. The number of piperidine rings is 1. The monoisotopic (exact) mass is 496 g/mol. The van der Waals surface area contributed by atoms with Crippen LogP contribution in [0.15, 0.2) is 42.7 Å². The van der Waals surface area contributed by atoms with E-state index in [1.54, 1.807) is 7.11 Å². The lowest BCUT2D eigenvalue weighted by Crippen LogP contribution is -2.41. The van der Waals surface area contributed by atoms with Crippen LogP contribution in [0, 0.1) is 12.3 Å². The zero-order valence-electron chi connectivity index (χ0n) is 19.7. The van der Waals surface area contributed by atoms with Crippen LogP contribution in [0.25, 0.3) is 10.9 Å². The van der Waals surface area contributed by atoms with E-state index in [0.717, 1.165) is 16.6 Å². The van der Waals surface area contributed by atoms with Crippen molar-refractivity contribution in [2.75, 3.05) is 45.0 Å². The highest BCUT2D eigenvalue weighted by Gasteiger charge is 2.27. The number of methoxy groups -OCH3 is 1. The summed E-state index contributed by atoms with van der Waals surface area (Å²) in [6.45, 7) is 1.60. The Labute approximate surface area is 205 Å². The number of rotatable bonds is 9. The number of fused-ring (bicyclic) bond motifs is 1. The molecule has 184 valence electrons. The predicted molar refractivity (Wildman–Crippen MR) is 135 cm³/mol. The molecule has 0 radical (unpaired) electrons. The van der Waals surface area contributed by atoms with Crippen LogP contribution in [0.2, 0.25) is 0 Å². The fourth-order valence-corrected chi connectivity index (χ4v) is 4.76. The minimum Gasteiger partial charge on any atom is -0.487 e. The maximum atomic E-state index is 11.8. The van der Waals surface area contributed by atoms with Gasteiger partial charge in [0.25, 0.3) is 0 Å². The summed E-state index contributed by atoms with van der Waals surface area (Å²) in [4.78, 5) is 8.83. The third-order valence-electron chi connectivity index (χ3n) is 5.70. The maximum absolute atomic E-state index is 11.8. The van der Waals surface area contributed by atoms with Gasteiger partial charge in [0.2, 0.25) is 10.0 Å². The molecular weight excluding hydrogens is 468 g/mol. The fraction of sp³-hybridized carbons (Fsp3) is 0.360. The van der Waals surface area contributed by atoms with Crippen LogP contribution in [0.1, 0.15) is 18.4 Å². The maximum Gasteiger partial charge on any atom is 0.211 e. The zero-order valence-corrected chi connectivity index (χ0v) is 20.5. The summed E-state index contributed by atoms with van der Waals surface area (Å²) in [5, 5.41) is 4.06. The summed E-state index contributed by atoms with van der Waals surface area (Å²) in [5.74, 6) is 4.31. The van der Waals surface area contributed by atoms with Crippen LogP contribution >= 0.6 is 0 Å². The average Bonchev–Trinajstić information content (AvgIpc) is 2.85. The van der Waals surface area contributed by atoms with Gasteiger partial charge in [-0.25, -0.2) is 22.7 Å². The molecule has 1 N–H and O–H groups in total. The second-order valence-corrected chi connectivity index (χ2v) is 10.2. The SMILES string of the molecule is C#Cc1cccc(Nc2ncnc3cc(OCCOC)c(OC4CCN(S(C)(=O)=O)CC4)cc23)c1. The first-order chi connectivity index (χ1) is 16.9. The third kappa shape index (κ3) is 6.19. The summed E-state index contributed by atoms with van der Waals surface area (Å²) in [6.07, 6.45) is 9.26. The summed E-state index contributed by atoms with van der Waals surface area (Å²) >= 11 is 0. The number of benzene rings is 2. The molecule has 3 aromatic rings. The highest BCUT2D eigenvalue weighted by molar-refractivity contribution is 7.88. The third-order valence-corrected chi connectivity index (χ3v) is 7.00. The molecule has 0 bridgehead atoms. The summed E-state index contributed by atoms with van der Waals surface area (Å²) in [6, 6.07) is 11.2. The van der Waals surface area contributed by atoms with Crippen molar-refractivity contribution in [3.05, 3.63) is 48.3 Å². The number of sulfonamides is 1. The molecule has 4 rings (SSSR count). The van der Waals surface area contributed by atoms with Crippen molar-refractivity contribution >= 4 is 32.4 Å². The Kier molecular flexibility index (Phi) is 7.70. The van der Waals surface area contributed by atoms with E-state index < -0.39 is 10.0 Å². The summed E-state index contributed by atoms with van der Waals surface area (Å²) in [7, 11) is -1.60. The Hall–Kier alpha value is -3.39. The molecule has 0 amide bonds. The number of ether oxygens (including phenoxy) is 3. The van der Waals surface area contributed by atoms with Crippen LogP contribution in [0.5, 0.6) is 11.5 Å². The number of anilines is 2. The van der Waals surface area contributed by atoms with E-state index in [2.05, 4.69) is 21.2 Å². The lowest BCUT2D eigenvalue weighted by molar-refractivity contribution is 0.120. The minimum absolute atomic E-state index is 0.149. The molecule has 0 saturated carbocycles. The highest BCUT2D eigenvalue weighted by atomic mass is 32.2. The molecule has 1 aromatic heterocycles. The van der Waals surface area contributed by atoms with Gasteiger partial charge in [0, 0.05) is 42.9 Å². The fourth-order valence-electron chi connectivity index (χ4n) is 3.89. The molecule has 0 spiro atoms. The minimum atomic E-state index is -3.21. The molecule has 10 heteroatoms. The van der Waals surface area contributed by atoms with E-state index in [1.807, 2.05) is 36.4 Å². The normalized spacial score (nSPS) is 15.0. The number of terminal acetylenes is 1. The molecule has 9 nitrogen and oxygen atoms in total. The van der Waals surface area contributed by atoms with E-state index in [-0.39, 0.29) is 6.10 Å². The van der Waals surface area contributed by atoms with Gasteiger partial charge in [0.05, 0.1) is 18.4 Å². The van der Waals surface area contributed by atoms with Crippen LogP contribution in [-0.2, 0) is 14.8 Å². The van der Waals surface area contributed by atoms with Crippen molar-refractivity contribution in [2.24, 2.45) is 0 Å². The molecule has 35 heavy (non-hydrogen) atoms. The zero-order chi connectivity index (χ0) is 24.8. The van der Waals surface area contributed by atoms with Crippen molar-refractivity contribution in [1.82, 2.24) is 14.3 Å². The topological polar surface area (TPSA) is 103 Å². The van der Waals surface area contributed by atoms with E-state index in [4.69, 9.17) is 20.6 Å². The van der Waals surface area contributed by atoms with E-state index in [9.17, 15) is 8.42 Å². The van der Waals surface area contributed by atoms with Crippen molar-refractivity contribution in [1.29, 1.82) is 0 Å². The lowest BCUT2D eigenvalue weighted by Gasteiger charge is -2.31. The first kappa shape index (κ1) is 24.7. The Morgan fingerprint density at radius 1 is 1.14 bits per heavy atom. The summed E-state index contributed by atoms with van der Waals surface area (Å²) < 4.78 is 42.5. The molecule has 2 heterocycles. The van der Waals surface area contributed by atoms with Crippen LogP contribution in [-0.4, -0.2) is 68.5 Å². The number of hydrogen-bond acceptors (Lipinski definition) is 8. The average molecular weight is 497 g/mol. The van der Waals surface area contributed by atoms with Crippen molar-refractivity contribution < 1.29 is 22.6 Å². The molecule has 0 aliphatic carbocycles. The van der Waals surface area contributed by atoms with Gasteiger partial charge >= 0.3 is 0 Å². The van der Waals surface area contributed by atoms with Crippen LogP contribution in [0.3, 0.4) is 0 Å². The van der Waals surface area contributed by atoms with Crippen molar-refractivity contribution in [3.63, 3.8) is 0 Å². The highest BCUT2D eigenvalue weighted by Crippen LogP contribution is 2.36. The first-order valence-corrected chi connectivity index (χ1v) is 13.1. The van der Waals surface area contributed by atoms with E-state index in [1.165, 1.54) is 16.9 Å². The quantitative estimate of drug-likeness (QED) is 0.356. The molecule has 0 atom stereocenters. The van der Waals surface area contributed by atoms with Gasteiger partial charge in [0.1, 0.15) is 24.9 Å². The van der Waals surface area contributed by atoms with Gasteiger partial charge in [0.15, 0.2) is 11.5 Å². The number of nitrogens with zero attached hydrogens (tertiary/aromatic N) is 3. The predicted octanol–water partition coefficient (Wildman–Crippen LogP) is 3.18. The van der Waals surface area contributed by atoms with Gasteiger partial charge in [-0.1, -0.05) is 12.0 Å². The Bertz CT molecular complexity index is 1330. The van der Waals surface area contributed by atoms with E-state index >= 15 is 0 Å². The second-order valence-electron chi connectivity index (χ2n) is 8.21. The van der Waals surface area contributed by atoms with E-state index in [0.29, 0.717) is 62.0 Å². The van der Waals surface area contributed by atoms with Crippen molar-refractivity contribution in [2.45, 2.75) is 18.9 Å². The number of nitrogens with one attached hydrogen (secondary N) is 1. The largest absolute Gasteiger partial charge is 0.487 e. The van der Waals surface area contributed by atoms with Gasteiger partial charge in [-0.2, -0.15) is 0 Å². The standard InChI is InChI=1S/C25H28N4O5S/c1-4-18-6-5-7-19(14-18)28-25-21-15-24(34-20-8-10-29(11-9-20)35(3,30)31)23(33-13-12-32-2)16-22(21)26-17-27-25/h1,5-7,14-17,20H,8-13H2,2-3H3,(H,26,27,28). The van der Waals surface area contributed by atoms with Gasteiger partial charge < -0.3 is 19.5 Å². The smallest absolute Gasteiger partial charge is 0.211 e. The summed E-state index contributed by atoms with van der Waals surface area (Å²) in [5.41, 5.74) is 2.24. The van der Waals surface area contributed by atoms with Crippen molar-refractivity contribution in [3.8, 4) is 23.8 Å². The first-order valence-electron chi connectivity index (χ1n) is 11.2. The van der Waals surface area contributed by atoms with Crippen LogP contribution < -0.4 is 14.8 Å². The Morgan fingerprint density at radius 2 is 1.94 bits per heavy atom. The molecule has 0 unspecified atom stereocenters. The molecule has 1 fully saturated rings. The molecule has 2 aromatic carbocycles. The Balaban J connectivity index is 1.64. The second kappa shape index (κ2) is 10.9. The van der Waals surface area contributed by atoms with Crippen LogP contribution in [0.4, 0.5) is 11.5 Å². The Morgan fingerprint density at radius 3 is 2.66 bits per heavy atom. The molecule has 1 aliphatic rings. The molecule has 1 aliphatic heterocycles. The number of aromatic nitrogens is 2. The van der Waals surface area contributed by atoms with Gasteiger partial charge in [-0.3, -0.25) is 0 Å². The van der Waals surface area contributed by atoms with Gasteiger partial charge in [-0.05, 0) is 37.1 Å².